The molecule has 13 nitrogen and oxygen atoms in total. The molecule has 0 radical (unpaired) electrons. The van der Waals surface area contributed by atoms with E-state index >= 15 is 0 Å². The molecule has 0 fully saturated rings. The lowest BCUT2D eigenvalue weighted by atomic mass is 10.1. The molecule has 58 heavy (non-hydrogen) atoms. The minimum atomic E-state index is -0.272. The summed E-state index contributed by atoms with van der Waals surface area (Å²) in [5, 5.41) is 21.4. The standard InChI is InChI=1S/C22H17N3O3.C21H16N4O3.2CH4/c1-28-19-9-5-6-15(21(19)26)10-11-20-24-18-12-13-23-14-17(18)22(27)25(20)16-7-3-2-4-8-16;1-28-17-9-5-6-14(19(17)26)10-11-18-24-20-16(12-22-13-23-20)21(27)25(18)15-7-3-2-4-8-15;;/h2-14,26H,1H3;2-13,26H,1H3;2*1H4/b2*11-10+;;. The second-order valence-electron chi connectivity index (χ2n) is 12.0. The van der Waals surface area contributed by atoms with E-state index in [1.807, 2.05) is 60.7 Å². The highest BCUT2D eigenvalue weighted by molar-refractivity contribution is 5.80. The van der Waals surface area contributed by atoms with Crippen LogP contribution in [0.3, 0.4) is 0 Å². The van der Waals surface area contributed by atoms with Crippen LogP contribution in [-0.4, -0.2) is 58.5 Å². The number of para-hydroxylation sites is 4. The maximum Gasteiger partial charge on any atom is 0.269 e. The summed E-state index contributed by atoms with van der Waals surface area (Å²) in [7, 11) is 2.98. The summed E-state index contributed by atoms with van der Waals surface area (Å²) in [6.07, 6.45) is 12.7. The average molecular weight is 776 g/mol. The number of benzene rings is 4. The van der Waals surface area contributed by atoms with Crippen LogP contribution in [0.25, 0.3) is 57.6 Å². The zero-order valence-electron chi connectivity index (χ0n) is 30.1. The molecule has 8 rings (SSSR count). The zero-order valence-corrected chi connectivity index (χ0v) is 30.1. The zero-order chi connectivity index (χ0) is 39.0. The number of aromatic nitrogens is 7. The summed E-state index contributed by atoms with van der Waals surface area (Å²) >= 11 is 0. The van der Waals surface area contributed by atoms with Gasteiger partial charge in [0.2, 0.25) is 0 Å². The van der Waals surface area contributed by atoms with Crippen LogP contribution in [-0.2, 0) is 0 Å². The Kier molecular flexibility index (Phi) is 13.2. The van der Waals surface area contributed by atoms with Gasteiger partial charge in [0.1, 0.15) is 23.4 Å². The van der Waals surface area contributed by atoms with Crippen molar-refractivity contribution in [2.75, 3.05) is 14.2 Å². The molecule has 4 heterocycles. The predicted octanol–water partition coefficient (Wildman–Crippen LogP) is 8.00. The van der Waals surface area contributed by atoms with Gasteiger partial charge in [0.15, 0.2) is 28.6 Å². The molecule has 292 valence electrons. The van der Waals surface area contributed by atoms with Crippen molar-refractivity contribution in [3.8, 4) is 34.4 Å². The number of nitrogens with zero attached hydrogens (tertiary/aromatic N) is 7. The molecule has 8 aromatic rings. The SMILES string of the molecule is C.C.COc1cccc(/C=C/c2nc3ccncc3c(=O)n2-c2ccccc2)c1O.COc1cccc(/C=C/c2nc3ncncc3c(=O)n2-c2ccccc2)c1O. The van der Waals surface area contributed by atoms with Crippen molar-refractivity contribution in [1.82, 2.24) is 34.1 Å². The Morgan fingerprint density at radius 3 is 1.60 bits per heavy atom. The summed E-state index contributed by atoms with van der Waals surface area (Å²) < 4.78 is 13.3. The van der Waals surface area contributed by atoms with E-state index in [0.717, 1.165) is 0 Å². The Bertz CT molecular complexity index is 2660. The Morgan fingerprint density at radius 1 is 0.569 bits per heavy atom. The number of rotatable bonds is 8. The van der Waals surface area contributed by atoms with Crippen molar-refractivity contribution in [2.45, 2.75) is 14.9 Å². The molecule has 4 aromatic heterocycles. The number of methoxy groups -OCH3 is 2. The Labute approximate surface area is 334 Å². The fourth-order valence-electron chi connectivity index (χ4n) is 5.88. The number of hydrogen-bond acceptors (Lipinski definition) is 11. The molecular weight excluding hydrogens is 735 g/mol. The van der Waals surface area contributed by atoms with Gasteiger partial charge < -0.3 is 19.7 Å². The van der Waals surface area contributed by atoms with E-state index in [9.17, 15) is 19.8 Å². The topological polar surface area (TPSA) is 167 Å². The summed E-state index contributed by atoms with van der Waals surface area (Å²) in [5.41, 5.74) is 2.84. The maximum atomic E-state index is 13.1. The van der Waals surface area contributed by atoms with Gasteiger partial charge in [0.05, 0.1) is 36.5 Å². The van der Waals surface area contributed by atoms with Gasteiger partial charge in [-0.05, 0) is 66.8 Å². The molecule has 0 saturated carbocycles. The second kappa shape index (κ2) is 18.6. The Morgan fingerprint density at radius 2 is 1.07 bits per heavy atom. The van der Waals surface area contributed by atoms with Crippen molar-refractivity contribution >= 4 is 46.2 Å². The van der Waals surface area contributed by atoms with Gasteiger partial charge in [0, 0.05) is 29.7 Å². The van der Waals surface area contributed by atoms with E-state index in [1.165, 1.54) is 42.1 Å². The van der Waals surface area contributed by atoms with Gasteiger partial charge in [-0.25, -0.2) is 19.9 Å². The van der Waals surface area contributed by atoms with Crippen LogP contribution < -0.4 is 20.6 Å². The lowest BCUT2D eigenvalue weighted by Gasteiger charge is -2.11. The van der Waals surface area contributed by atoms with Crippen molar-refractivity contribution in [2.24, 2.45) is 0 Å². The minimum absolute atomic E-state index is 0. The molecular formula is C45H41N7O6. The maximum absolute atomic E-state index is 13.1. The van der Waals surface area contributed by atoms with Crippen LogP contribution in [0.4, 0.5) is 0 Å². The third kappa shape index (κ3) is 8.48. The molecule has 2 N–H and O–H groups in total. The highest BCUT2D eigenvalue weighted by Gasteiger charge is 2.14. The first-order valence-corrected chi connectivity index (χ1v) is 17.2. The van der Waals surface area contributed by atoms with Crippen LogP contribution in [0.15, 0.2) is 138 Å². The number of hydrogen-bond donors (Lipinski definition) is 2. The molecule has 0 spiro atoms. The van der Waals surface area contributed by atoms with Crippen molar-refractivity contribution in [1.29, 1.82) is 0 Å². The van der Waals surface area contributed by atoms with Crippen molar-refractivity contribution in [3.63, 3.8) is 0 Å². The lowest BCUT2D eigenvalue weighted by molar-refractivity contribution is 0.373. The second-order valence-corrected chi connectivity index (χ2v) is 12.0. The highest BCUT2D eigenvalue weighted by Crippen LogP contribution is 2.32. The third-order valence-electron chi connectivity index (χ3n) is 8.62. The molecule has 0 aliphatic heterocycles. The molecule has 0 unspecified atom stereocenters. The Hall–Kier alpha value is -7.93. The molecule has 0 aliphatic rings. The summed E-state index contributed by atoms with van der Waals surface area (Å²) in [4.78, 5) is 47.4. The minimum Gasteiger partial charge on any atom is -0.504 e. The van der Waals surface area contributed by atoms with Crippen LogP contribution in [0, 0.1) is 0 Å². The fourth-order valence-corrected chi connectivity index (χ4v) is 5.88. The van der Waals surface area contributed by atoms with E-state index < -0.39 is 0 Å². The first kappa shape index (κ1) is 41.2. The van der Waals surface area contributed by atoms with E-state index in [0.29, 0.717) is 67.6 Å². The van der Waals surface area contributed by atoms with E-state index in [2.05, 4.69) is 24.9 Å². The highest BCUT2D eigenvalue weighted by atomic mass is 16.5. The fraction of sp³-hybridized carbons (Fsp3) is 0.0889. The van der Waals surface area contributed by atoms with E-state index in [4.69, 9.17) is 9.47 Å². The van der Waals surface area contributed by atoms with Crippen molar-refractivity contribution < 1.29 is 19.7 Å². The number of ether oxygens (including phenoxy) is 2. The van der Waals surface area contributed by atoms with Gasteiger partial charge in [-0.15, -0.1) is 0 Å². The normalized spacial score (nSPS) is 10.8. The largest absolute Gasteiger partial charge is 0.504 e. The number of aromatic hydroxyl groups is 2. The number of phenols is 2. The average Bonchev–Trinajstić information content (AvgIpc) is 3.24. The van der Waals surface area contributed by atoms with Gasteiger partial charge in [-0.3, -0.25) is 23.7 Å². The molecule has 4 aromatic carbocycles. The molecule has 0 amide bonds. The monoisotopic (exact) mass is 775 g/mol. The van der Waals surface area contributed by atoms with Crippen LogP contribution >= 0.6 is 0 Å². The number of fused-ring (bicyclic) bond motifs is 2. The summed E-state index contributed by atoms with van der Waals surface area (Å²) in [6.45, 7) is 0. The predicted molar refractivity (Wildman–Crippen MR) is 229 cm³/mol. The van der Waals surface area contributed by atoms with Gasteiger partial charge in [-0.2, -0.15) is 0 Å². The first-order valence-electron chi connectivity index (χ1n) is 17.2. The van der Waals surface area contributed by atoms with Crippen molar-refractivity contribution in [3.05, 3.63) is 172 Å². The molecule has 13 heteroatoms. The molecule has 0 aliphatic carbocycles. The molecule has 0 atom stereocenters. The van der Waals surface area contributed by atoms with Gasteiger partial charge in [-0.1, -0.05) is 75.5 Å². The van der Waals surface area contributed by atoms with E-state index in [1.54, 1.807) is 73.0 Å². The lowest BCUT2D eigenvalue weighted by Crippen LogP contribution is -2.22. The van der Waals surface area contributed by atoms with E-state index in [-0.39, 0.29) is 37.5 Å². The summed E-state index contributed by atoms with van der Waals surface area (Å²) in [5.74, 6) is 1.60. The smallest absolute Gasteiger partial charge is 0.269 e. The summed E-state index contributed by atoms with van der Waals surface area (Å²) in [6, 6.07) is 30.5. The van der Waals surface area contributed by atoms with Gasteiger partial charge >= 0.3 is 0 Å². The number of phenolic OH excluding ortho intramolecular Hbond substituents is 2. The quantitative estimate of drug-likeness (QED) is 0.154. The molecule has 0 saturated heterocycles. The number of pyridine rings is 1. The molecule has 0 bridgehead atoms. The van der Waals surface area contributed by atoms with Crippen LogP contribution in [0.5, 0.6) is 23.0 Å². The van der Waals surface area contributed by atoms with Crippen LogP contribution in [0.1, 0.15) is 37.6 Å². The first-order chi connectivity index (χ1) is 27.4. The third-order valence-corrected chi connectivity index (χ3v) is 8.62. The van der Waals surface area contributed by atoms with Crippen LogP contribution in [0.2, 0.25) is 0 Å². The Balaban J connectivity index is 0.000000214. The van der Waals surface area contributed by atoms with Gasteiger partial charge in [0.25, 0.3) is 11.1 Å².